The molecule has 5 nitrogen and oxygen atoms in total. The minimum Gasteiger partial charge on any atom is -0.324 e. The van der Waals surface area contributed by atoms with Crippen LogP contribution in [-0.4, -0.2) is 19.6 Å². The van der Waals surface area contributed by atoms with Crippen LogP contribution in [0.1, 0.15) is 18.9 Å². The SMILES string of the molecule is CC[C@H]1Sc2ccc(S(=O)(=O)Nc3cc(Cl)ccc3C)cc2NC1=O. The van der Waals surface area contributed by atoms with Crippen molar-refractivity contribution in [3.8, 4) is 0 Å². The van der Waals surface area contributed by atoms with E-state index in [2.05, 4.69) is 10.0 Å². The van der Waals surface area contributed by atoms with Gasteiger partial charge in [-0.05, 0) is 49.2 Å². The number of sulfonamides is 1. The van der Waals surface area contributed by atoms with Crippen LogP contribution in [0.15, 0.2) is 46.2 Å². The van der Waals surface area contributed by atoms with Crippen molar-refractivity contribution in [1.29, 1.82) is 0 Å². The number of carbonyl (C=O) groups is 1. The van der Waals surface area contributed by atoms with Crippen molar-refractivity contribution >= 4 is 50.7 Å². The molecule has 1 aliphatic rings. The number of aryl methyl sites for hydroxylation is 1. The number of nitrogens with one attached hydrogen (secondary N) is 2. The summed E-state index contributed by atoms with van der Waals surface area (Å²) in [6.45, 7) is 3.74. The molecular weight excluding hydrogens is 380 g/mol. The Morgan fingerprint density at radius 3 is 2.72 bits per heavy atom. The average molecular weight is 397 g/mol. The van der Waals surface area contributed by atoms with Gasteiger partial charge in [0.25, 0.3) is 10.0 Å². The summed E-state index contributed by atoms with van der Waals surface area (Å²) >= 11 is 7.39. The molecule has 0 aliphatic carbocycles. The molecule has 2 aromatic carbocycles. The smallest absolute Gasteiger partial charge is 0.261 e. The van der Waals surface area contributed by atoms with Crippen LogP contribution in [0.25, 0.3) is 0 Å². The maximum Gasteiger partial charge on any atom is 0.261 e. The van der Waals surface area contributed by atoms with E-state index in [1.165, 1.54) is 23.9 Å². The highest BCUT2D eigenvalue weighted by molar-refractivity contribution is 8.01. The third kappa shape index (κ3) is 3.78. The van der Waals surface area contributed by atoms with E-state index in [9.17, 15) is 13.2 Å². The van der Waals surface area contributed by atoms with Gasteiger partial charge in [-0.2, -0.15) is 0 Å². The summed E-state index contributed by atoms with van der Waals surface area (Å²) in [4.78, 5) is 13.0. The predicted molar refractivity (Wildman–Crippen MR) is 102 cm³/mol. The second kappa shape index (κ2) is 6.90. The Bertz CT molecular complexity index is 945. The van der Waals surface area contributed by atoms with E-state index in [0.29, 0.717) is 22.8 Å². The number of rotatable bonds is 4. The van der Waals surface area contributed by atoms with Crippen molar-refractivity contribution in [2.45, 2.75) is 35.3 Å². The highest BCUT2D eigenvalue weighted by atomic mass is 35.5. The molecule has 0 bridgehead atoms. The molecule has 0 fully saturated rings. The normalized spacial score (nSPS) is 16.9. The van der Waals surface area contributed by atoms with Crippen molar-refractivity contribution in [3.05, 3.63) is 47.0 Å². The van der Waals surface area contributed by atoms with E-state index in [1.807, 2.05) is 6.92 Å². The largest absolute Gasteiger partial charge is 0.324 e. The first-order valence-corrected chi connectivity index (χ1v) is 10.4. The molecule has 0 spiro atoms. The number of hydrogen-bond donors (Lipinski definition) is 2. The van der Waals surface area contributed by atoms with Gasteiger partial charge in [-0.1, -0.05) is 24.6 Å². The van der Waals surface area contributed by atoms with E-state index in [4.69, 9.17) is 11.6 Å². The number of fused-ring (bicyclic) bond motifs is 1. The van der Waals surface area contributed by atoms with Crippen LogP contribution in [0, 0.1) is 6.92 Å². The van der Waals surface area contributed by atoms with Crippen LogP contribution in [0.4, 0.5) is 11.4 Å². The topological polar surface area (TPSA) is 75.3 Å². The molecule has 1 aliphatic heterocycles. The van der Waals surface area contributed by atoms with Gasteiger partial charge in [-0.3, -0.25) is 9.52 Å². The van der Waals surface area contributed by atoms with Crippen LogP contribution in [0.3, 0.4) is 0 Å². The molecule has 8 heteroatoms. The van der Waals surface area contributed by atoms with Gasteiger partial charge in [0.15, 0.2) is 0 Å². The summed E-state index contributed by atoms with van der Waals surface area (Å²) in [7, 11) is -3.79. The van der Waals surface area contributed by atoms with E-state index < -0.39 is 10.0 Å². The molecule has 0 unspecified atom stereocenters. The predicted octanol–water partition coefficient (Wildman–Crippen LogP) is 4.27. The van der Waals surface area contributed by atoms with Gasteiger partial charge in [0.2, 0.25) is 5.91 Å². The average Bonchev–Trinajstić information content (AvgIpc) is 2.56. The first-order chi connectivity index (χ1) is 11.8. The fourth-order valence-corrected chi connectivity index (χ4v) is 4.82. The van der Waals surface area contributed by atoms with Crippen molar-refractivity contribution in [2.24, 2.45) is 0 Å². The third-order valence-electron chi connectivity index (χ3n) is 3.90. The van der Waals surface area contributed by atoms with Crippen LogP contribution in [-0.2, 0) is 14.8 Å². The Morgan fingerprint density at radius 1 is 1.24 bits per heavy atom. The number of halogens is 1. The Hall–Kier alpha value is -1.70. The number of thioether (sulfide) groups is 1. The summed E-state index contributed by atoms with van der Waals surface area (Å²) in [5.41, 5.74) is 1.71. The van der Waals surface area contributed by atoms with Gasteiger partial charge in [0, 0.05) is 9.92 Å². The number of hydrogen-bond acceptors (Lipinski definition) is 4. The molecule has 1 atom stereocenters. The molecule has 0 radical (unpaired) electrons. The van der Waals surface area contributed by atoms with Crippen molar-refractivity contribution < 1.29 is 13.2 Å². The van der Waals surface area contributed by atoms with Crippen LogP contribution >= 0.6 is 23.4 Å². The zero-order chi connectivity index (χ0) is 18.2. The van der Waals surface area contributed by atoms with Crippen molar-refractivity contribution in [3.63, 3.8) is 0 Å². The molecule has 1 amide bonds. The number of anilines is 2. The zero-order valence-corrected chi connectivity index (χ0v) is 16.1. The van der Waals surface area contributed by atoms with E-state index in [-0.39, 0.29) is 16.1 Å². The molecule has 0 saturated heterocycles. The van der Waals surface area contributed by atoms with Gasteiger partial charge >= 0.3 is 0 Å². The lowest BCUT2D eigenvalue weighted by molar-refractivity contribution is -0.115. The Kier molecular flexibility index (Phi) is 4.99. The molecule has 2 N–H and O–H groups in total. The molecule has 0 saturated carbocycles. The molecule has 3 rings (SSSR count). The van der Waals surface area contributed by atoms with Crippen LogP contribution < -0.4 is 10.0 Å². The second-order valence-electron chi connectivity index (χ2n) is 5.73. The lowest BCUT2D eigenvalue weighted by Crippen LogP contribution is -2.28. The number of benzene rings is 2. The van der Waals surface area contributed by atoms with Crippen LogP contribution in [0.5, 0.6) is 0 Å². The molecule has 1 heterocycles. The zero-order valence-electron chi connectivity index (χ0n) is 13.7. The Balaban J connectivity index is 1.92. The maximum atomic E-state index is 12.7. The van der Waals surface area contributed by atoms with Gasteiger partial charge in [-0.15, -0.1) is 11.8 Å². The first kappa shape index (κ1) is 18.1. The molecule has 2 aromatic rings. The van der Waals surface area contributed by atoms with E-state index in [0.717, 1.165) is 10.5 Å². The highest BCUT2D eigenvalue weighted by Gasteiger charge is 2.27. The lowest BCUT2D eigenvalue weighted by Gasteiger charge is -2.23. The van der Waals surface area contributed by atoms with Gasteiger partial charge in [0.1, 0.15) is 0 Å². The van der Waals surface area contributed by atoms with Crippen LogP contribution in [0.2, 0.25) is 5.02 Å². The van der Waals surface area contributed by atoms with Crippen molar-refractivity contribution in [2.75, 3.05) is 10.0 Å². The summed E-state index contributed by atoms with van der Waals surface area (Å²) in [6.07, 6.45) is 0.714. The quantitative estimate of drug-likeness (QED) is 0.809. The summed E-state index contributed by atoms with van der Waals surface area (Å²) in [5.74, 6) is -0.104. The Morgan fingerprint density at radius 2 is 2.00 bits per heavy atom. The van der Waals surface area contributed by atoms with Crippen molar-refractivity contribution in [1.82, 2.24) is 0 Å². The van der Waals surface area contributed by atoms with E-state index in [1.54, 1.807) is 31.2 Å². The number of amides is 1. The first-order valence-electron chi connectivity index (χ1n) is 7.70. The molecule has 132 valence electrons. The van der Waals surface area contributed by atoms with Gasteiger partial charge < -0.3 is 5.32 Å². The lowest BCUT2D eigenvalue weighted by atomic mass is 10.2. The van der Waals surface area contributed by atoms with E-state index >= 15 is 0 Å². The fraction of sp³-hybridized carbons (Fsp3) is 0.235. The fourth-order valence-electron chi connectivity index (χ4n) is 2.47. The Labute approximate surface area is 156 Å². The standard InChI is InChI=1S/C17H17ClN2O3S2/c1-3-15-17(21)19-14-9-12(6-7-16(14)24-15)25(22,23)20-13-8-11(18)5-4-10(13)2/h4-9,15,20H,3H2,1-2H3,(H,19,21)/t15-/m1/s1. The molecule has 0 aromatic heterocycles. The maximum absolute atomic E-state index is 12.7. The van der Waals surface area contributed by atoms with Gasteiger partial charge in [0.05, 0.1) is 21.5 Å². The second-order valence-corrected chi connectivity index (χ2v) is 9.09. The number of carbonyl (C=O) groups excluding carboxylic acids is 1. The molecular formula is C17H17ClN2O3S2. The minimum atomic E-state index is -3.79. The summed E-state index contributed by atoms with van der Waals surface area (Å²) in [6, 6.07) is 9.75. The highest BCUT2D eigenvalue weighted by Crippen LogP contribution is 2.38. The summed E-state index contributed by atoms with van der Waals surface area (Å²) in [5, 5.41) is 3.08. The summed E-state index contributed by atoms with van der Waals surface area (Å²) < 4.78 is 27.9. The van der Waals surface area contributed by atoms with Gasteiger partial charge in [-0.25, -0.2) is 8.42 Å². The molecule has 25 heavy (non-hydrogen) atoms. The monoisotopic (exact) mass is 396 g/mol. The minimum absolute atomic E-state index is 0.0847. The third-order valence-corrected chi connectivity index (χ3v) is 6.94.